The van der Waals surface area contributed by atoms with Crippen LogP contribution in [0.5, 0.6) is 11.5 Å². The summed E-state index contributed by atoms with van der Waals surface area (Å²) in [5, 5.41) is 12.0. The summed E-state index contributed by atoms with van der Waals surface area (Å²) >= 11 is 12.7. The Balaban J connectivity index is 0.871. The molecule has 404 valence electrons. The number of nitrogens with two attached hydrogens (primary N) is 1. The smallest absolute Gasteiger partial charge is 0.430 e. The van der Waals surface area contributed by atoms with Crippen molar-refractivity contribution in [2.24, 2.45) is 28.9 Å². The molecule has 12 nitrogen and oxygen atoms in total. The Morgan fingerprint density at radius 3 is 1.75 bits per heavy atom. The number of halogens is 8. The Labute approximate surface area is 442 Å². The second-order valence-electron chi connectivity index (χ2n) is 21.1. The molecule has 20 heteroatoms. The third-order valence-corrected chi connectivity index (χ3v) is 16.4. The molecular weight excluding hydrogens is 1030 g/mol. The van der Waals surface area contributed by atoms with Crippen LogP contribution in [0.2, 0.25) is 10.0 Å². The summed E-state index contributed by atoms with van der Waals surface area (Å²) in [6.45, 7) is 0.338. The van der Waals surface area contributed by atoms with Crippen LogP contribution >= 0.6 is 23.2 Å². The molecule has 2 saturated heterocycles. The number of carbonyl (C=O) groups excluding carboxylic acids is 4. The summed E-state index contributed by atoms with van der Waals surface area (Å²) in [5.74, 6) is -1.73. The number of alkyl halides is 6. The Hall–Kier alpha value is -5.56. The van der Waals surface area contributed by atoms with E-state index in [-0.39, 0.29) is 82.5 Å². The van der Waals surface area contributed by atoms with Crippen molar-refractivity contribution in [3.8, 4) is 22.6 Å². The molecule has 2 saturated carbocycles. The van der Waals surface area contributed by atoms with Crippen LogP contribution < -0.4 is 15.2 Å². The molecule has 8 rings (SSSR count). The van der Waals surface area contributed by atoms with E-state index < -0.39 is 46.4 Å². The molecule has 4 amide bonds. The summed E-state index contributed by atoms with van der Waals surface area (Å²) in [6.07, 6.45) is -5.37. The highest BCUT2D eigenvalue weighted by molar-refractivity contribution is 6.34. The van der Waals surface area contributed by atoms with Crippen LogP contribution in [-0.4, -0.2) is 128 Å². The van der Waals surface area contributed by atoms with Gasteiger partial charge in [-0.15, -0.1) is 0 Å². The molecule has 2 aliphatic heterocycles. The summed E-state index contributed by atoms with van der Waals surface area (Å²) in [7, 11) is 6.50. The number of amides is 4. The van der Waals surface area contributed by atoms with Crippen molar-refractivity contribution in [1.82, 2.24) is 19.6 Å². The maximum atomic E-state index is 15.2. The van der Waals surface area contributed by atoms with Gasteiger partial charge in [0, 0.05) is 59.9 Å². The van der Waals surface area contributed by atoms with E-state index in [1.807, 2.05) is 0 Å². The minimum Gasteiger partial charge on any atom is -0.494 e. The summed E-state index contributed by atoms with van der Waals surface area (Å²) in [4.78, 5) is 57.5. The number of nitrogens with zero attached hydrogens (tertiary/aromatic N) is 4. The van der Waals surface area contributed by atoms with Gasteiger partial charge in [-0.2, -0.15) is 26.3 Å². The molecule has 4 aromatic rings. The first-order valence-corrected chi connectivity index (χ1v) is 25.8. The van der Waals surface area contributed by atoms with Crippen molar-refractivity contribution in [2.75, 3.05) is 61.0 Å². The second-order valence-corrected chi connectivity index (χ2v) is 21.9. The lowest BCUT2D eigenvalue weighted by Crippen LogP contribution is -2.62. The zero-order chi connectivity index (χ0) is 54.4. The van der Waals surface area contributed by atoms with Gasteiger partial charge in [-0.25, -0.2) is 0 Å². The molecule has 0 unspecified atom stereocenters. The van der Waals surface area contributed by atoms with Gasteiger partial charge in [-0.1, -0.05) is 59.6 Å². The summed E-state index contributed by atoms with van der Waals surface area (Å²) < 4.78 is 103. The molecule has 0 aromatic heterocycles. The fourth-order valence-electron chi connectivity index (χ4n) is 11.1. The Morgan fingerprint density at radius 2 is 1.21 bits per heavy atom. The van der Waals surface area contributed by atoms with Crippen LogP contribution in [0.15, 0.2) is 84.9 Å². The lowest BCUT2D eigenvalue weighted by atomic mass is 9.74. The number of hydrogen-bond donors (Lipinski definition) is 2. The number of piperidine rings is 2. The molecule has 0 bridgehead atoms. The van der Waals surface area contributed by atoms with Gasteiger partial charge in [0.1, 0.15) is 11.5 Å². The van der Waals surface area contributed by atoms with Crippen molar-refractivity contribution < 1.29 is 60.1 Å². The number of benzene rings is 4. The largest absolute Gasteiger partial charge is 0.494 e. The van der Waals surface area contributed by atoms with Gasteiger partial charge in [0.2, 0.25) is 5.54 Å². The van der Waals surface area contributed by atoms with Gasteiger partial charge in [-0.3, -0.25) is 19.2 Å². The van der Waals surface area contributed by atoms with Crippen LogP contribution in [0.4, 0.5) is 26.3 Å². The second kappa shape index (κ2) is 21.5. The Kier molecular flexibility index (Phi) is 15.9. The number of ether oxygens (including phenoxy) is 2. The molecule has 3 atom stereocenters. The monoisotopic (exact) mass is 1090 g/mol. The third kappa shape index (κ3) is 11.3. The van der Waals surface area contributed by atoms with Crippen molar-refractivity contribution in [1.29, 1.82) is 0 Å². The van der Waals surface area contributed by atoms with Crippen LogP contribution in [0, 0.1) is 23.2 Å². The lowest BCUT2D eigenvalue weighted by molar-refractivity contribution is -0.262. The van der Waals surface area contributed by atoms with E-state index in [9.17, 15) is 24.3 Å². The molecule has 3 N–H and O–H groups in total. The molecular formula is C55H61Cl2F6N5O7. The zero-order valence-electron chi connectivity index (χ0n) is 42.1. The topological polar surface area (TPSA) is 146 Å². The fourth-order valence-corrected chi connectivity index (χ4v) is 11.6. The van der Waals surface area contributed by atoms with Gasteiger partial charge in [0.15, 0.2) is 0 Å². The minimum atomic E-state index is -5.48. The Morgan fingerprint density at radius 1 is 0.693 bits per heavy atom. The first-order chi connectivity index (χ1) is 35.2. The normalized spacial score (nSPS) is 21.3. The van der Waals surface area contributed by atoms with Gasteiger partial charge < -0.3 is 39.9 Å². The van der Waals surface area contributed by atoms with E-state index in [0.29, 0.717) is 67.3 Å². The highest BCUT2D eigenvalue weighted by atomic mass is 35.5. The third-order valence-electron chi connectivity index (χ3n) is 15.8. The molecule has 2 heterocycles. The first-order valence-electron chi connectivity index (χ1n) is 25.0. The van der Waals surface area contributed by atoms with Crippen molar-refractivity contribution in [2.45, 2.75) is 87.4 Å². The van der Waals surface area contributed by atoms with E-state index in [0.717, 1.165) is 59.7 Å². The van der Waals surface area contributed by atoms with Crippen molar-refractivity contribution in [3.63, 3.8) is 0 Å². The molecule has 4 aromatic carbocycles. The van der Waals surface area contributed by atoms with E-state index in [4.69, 9.17) is 38.4 Å². The lowest BCUT2D eigenvalue weighted by Gasteiger charge is -2.41. The summed E-state index contributed by atoms with van der Waals surface area (Å²) in [5.41, 5.74) is -2.34. The van der Waals surface area contributed by atoms with Gasteiger partial charge >= 0.3 is 12.4 Å². The van der Waals surface area contributed by atoms with E-state index >= 15 is 26.3 Å². The Bertz CT molecular complexity index is 2790. The van der Waals surface area contributed by atoms with Gasteiger partial charge in [0.05, 0.1) is 33.9 Å². The van der Waals surface area contributed by atoms with Crippen LogP contribution in [-0.2, 0) is 20.7 Å². The van der Waals surface area contributed by atoms with Gasteiger partial charge in [-0.05, 0) is 146 Å². The van der Waals surface area contributed by atoms with Gasteiger partial charge in [0.25, 0.3) is 29.2 Å². The molecule has 4 fully saturated rings. The zero-order valence-corrected chi connectivity index (χ0v) is 43.6. The standard InChI is InChI=1S/C55H61Cl2F6N5O7/c1-65(2)47(69)43-13-11-40(30-45(43)56)74-24-17-39-32-51(39)18-22-68(23-19-51)49(71)52(64,54(58,59)60)37-9-5-7-35(28-37)36-8-6-10-38(29-36)53(73,55(61,62)63)50(72)67-20-15-33(16-21-67)25-34-26-42(27-34)75-41-12-14-44(46(57)31-41)48(70)66(3)4/h5-14,28-31,33-34,39,42,73H,15-27,32,64H2,1-4H3/t34?,39-,42?,52-,53+/m0/s1. The molecule has 75 heavy (non-hydrogen) atoms. The number of rotatable bonds is 15. The molecule has 2 aliphatic carbocycles. The van der Waals surface area contributed by atoms with Crippen molar-refractivity contribution >= 4 is 46.8 Å². The highest BCUT2D eigenvalue weighted by Gasteiger charge is 2.63. The quantitative estimate of drug-likeness (QED) is 0.112. The average Bonchev–Trinajstić information content (AvgIpc) is 4.03. The molecule has 1 spiro atoms. The van der Waals surface area contributed by atoms with E-state index in [1.54, 1.807) is 64.6 Å². The summed E-state index contributed by atoms with van der Waals surface area (Å²) in [6, 6.07) is 18.7. The predicted molar refractivity (Wildman–Crippen MR) is 270 cm³/mol. The number of carbonyl (C=O) groups is 4. The van der Waals surface area contributed by atoms with Crippen LogP contribution in [0.25, 0.3) is 11.1 Å². The maximum Gasteiger partial charge on any atom is 0.430 e. The maximum absolute atomic E-state index is 15.2. The minimum absolute atomic E-state index is 0.0261. The predicted octanol–water partition coefficient (Wildman–Crippen LogP) is 10.1. The molecule has 0 radical (unpaired) electrons. The first kappa shape index (κ1) is 55.7. The number of aliphatic hydroxyl groups is 1. The highest BCUT2D eigenvalue weighted by Crippen LogP contribution is 2.61. The van der Waals surface area contributed by atoms with E-state index in [1.165, 1.54) is 34.1 Å². The van der Waals surface area contributed by atoms with Crippen LogP contribution in [0.1, 0.15) is 89.6 Å². The number of hydrogen-bond acceptors (Lipinski definition) is 8. The fraction of sp³-hybridized carbons (Fsp3) is 0.491. The molecule has 4 aliphatic rings. The van der Waals surface area contributed by atoms with Crippen LogP contribution in [0.3, 0.4) is 0 Å². The average molecular weight is 1090 g/mol. The SMILES string of the molecule is CN(C)C(=O)c1ccc(OCC[C@H]2CC23CCN(C(=O)[C@@](N)(c2cccc(-c4cccc([C@@](O)(C(=O)N5CCC(CC6CC(Oc7ccc(C(=O)N(C)C)c(Cl)c7)C6)CC5)C(F)(F)F)c4)c2)C(F)(F)F)CC3)cc1Cl. The number of likely N-dealkylation sites (tertiary alicyclic amines) is 2. The van der Waals surface area contributed by atoms with Crippen molar-refractivity contribution in [3.05, 3.63) is 117 Å². The van der Waals surface area contributed by atoms with E-state index in [2.05, 4.69) is 0 Å².